The maximum Gasteiger partial charge on any atom is 0.327 e. The normalized spacial score (nSPS) is 10.9. The molecule has 90 valence electrons. The van der Waals surface area contributed by atoms with E-state index in [-0.39, 0.29) is 11.2 Å². The number of rotatable bonds is 1. The Kier molecular flexibility index (Phi) is 2.37. The minimum absolute atomic E-state index is 0.212. The molecule has 0 saturated carbocycles. The van der Waals surface area contributed by atoms with E-state index in [1.165, 1.54) is 0 Å². The average molecular weight is 308 g/mol. The van der Waals surface area contributed by atoms with Crippen LogP contribution in [-0.4, -0.2) is 24.9 Å². The predicted molar refractivity (Wildman–Crippen MR) is 68.3 cm³/mol. The number of pyridine rings is 1. The molecule has 3 aromatic rings. The highest BCUT2D eigenvalue weighted by molar-refractivity contribution is 9.10. The van der Waals surface area contributed by atoms with Gasteiger partial charge in [-0.05, 0) is 28.1 Å². The van der Waals surface area contributed by atoms with Crippen LogP contribution >= 0.6 is 15.9 Å². The fourth-order valence-electron chi connectivity index (χ4n) is 1.57. The largest absolute Gasteiger partial charge is 0.331 e. The van der Waals surface area contributed by atoms with Crippen LogP contribution in [0, 0.1) is 0 Å². The first-order valence-corrected chi connectivity index (χ1v) is 5.77. The van der Waals surface area contributed by atoms with Crippen molar-refractivity contribution < 1.29 is 0 Å². The maximum atomic E-state index is 11.5. The van der Waals surface area contributed by atoms with E-state index in [0.717, 1.165) is 4.47 Å². The number of hydrogen-bond acceptors (Lipinski definition) is 4. The number of aromatic nitrogens is 5. The Labute approximate surface area is 107 Å². The molecule has 0 aliphatic carbocycles. The van der Waals surface area contributed by atoms with Crippen LogP contribution in [0.1, 0.15) is 0 Å². The first-order valence-electron chi connectivity index (χ1n) is 4.98. The Morgan fingerprint density at radius 3 is 2.67 bits per heavy atom. The zero-order chi connectivity index (χ0) is 12.7. The molecule has 3 N–H and O–H groups in total. The van der Waals surface area contributed by atoms with Gasteiger partial charge in [0.15, 0.2) is 11.5 Å². The summed E-state index contributed by atoms with van der Waals surface area (Å²) >= 11 is 3.28. The quantitative estimate of drug-likeness (QED) is 0.617. The van der Waals surface area contributed by atoms with Crippen molar-refractivity contribution in [2.45, 2.75) is 0 Å². The lowest BCUT2D eigenvalue weighted by atomic mass is 10.3. The monoisotopic (exact) mass is 307 g/mol. The van der Waals surface area contributed by atoms with Gasteiger partial charge < -0.3 is 4.98 Å². The smallest absolute Gasteiger partial charge is 0.327 e. The minimum atomic E-state index is -0.589. The van der Waals surface area contributed by atoms with Gasteiger partial charge in [-0.3, -0.25) is 19.7 Å². The molecule has 0 aliphatic rings. The summed E-state index contributed by atoms with van der Waals surface area (Å²) in [5, 5.41) is 0. The Balaban J connectivity index is 2.25. The van der Waals surface area contributed by atoms with Crippen molar-refractivity contribution in [3.05, 3.63) is 43.6 Å². The zero-order valence-corrected chi connectivity index (χ0v) is 10.4. The van der Waals surface area contributed by atoms with Gasteiger partial charge in [0, 0.05) is 10.7 Å². The Hall–Kier alpha value is -2.22. The third-order valence-electron chi connectivity index (χ3n) is 2.36. The number of imidazole rings is 1. The van der Waals surface area contributed by atoms with E-state index in [1.54, 1.807) is 12.3 Å². The highest BCUT2D eigenvalue weighted by Gasteiger charge is 2.09. The molecule has 3 rings (SSSR count). The van der Waals surface area contributed by atoms with Gasteiger partial charge in [-0.2, -0.15) is 0 Å². The summed E-state index contributed by atoms with van der Waals surface area (Å²) in [7, 11) is 0. The van der Waals surface area contributed by atoms with Gasteiger partial charge in [0.1, 0.15) is 11.2 Å². The lowest BCUT2D eigenvalue weighted by molar-refractivity contribution is 1.07. The summed E-state index contributed by atoms with van der Waals surface area (Å²) in [5.74, 6) is 0.421. The van der Waals surface area contributed by atoms with Gasteiger partial charge in [0.05, 0.1) is 0 Å². The number of nitrogens with one attached hydrogen (secondary N) is 3. The molecule has 0 fully saturated rings. The third-order valence-corrected chi connectivity index (χ3v) is 2.83. The number of H-pyrrole nitrogens is 3. The highest BCUT2D eigenvalue weighted by Crippen LogP contribution is 2.16. The molecule has 0 saturated heterocycles. The van der Waals surface area contributed by atoms with E-state index in [2.05, 4.69) is 40.8 Å². The van der Waals surface area contributed by atoms with Crippen molar-refractivity contribution in [1.29, 1.82) is 0 Å². The van der Waals surface area contributed by atoms with Crippen molar-refractivity contribution >= 4 is 27.1 Å². The summed E-state index contributed by atoms with van der Waals surface area (Å²) in [6.07, 6.45) is 1.62. The SMILES string of the molecule is O=c1[nH]c(=O)c2[nH]c(-c3ccc(Br)cn3)nc2[nH]1. The second-order valence-electron chi connectivity index (χ2n) is 3.58. The van der Waals surface area contributed by atoms with E-state index >= 15 is 0 Å². The van der Waals surface area contributed by atoms with Gasteiger partial charge >= 0.3 is 5.69 Å². The van der Waals surface area contributed by atoms with Crippen molar-refractivity contribution in [1.82, 2.24) is 24.9 Å². The standard InChI is InChI=1S/C10H6BrN5O2/c11-4-1-2-5(12-3-4)7-13-6-8(14-7)15-10(18)16-9(6)17/h1-3H,(H3,13,14,15,16,17,18). The van der Waals surface area contributed by atoms with Gasteiger partial charge in [-0.25, -0.2) is 9.78 Å². The van der Waals surface area contributed by atoms with Crippen LogP contribution < -0.4 is 11.2 Å². The number of halogens is 1. The van der Waals surface area contributed by atoms with Crippen LogP contribution in [0.5, 0.6) is 0 Å². The molecular formula is C10H6BrN5O2. The molecule has 0 aromatic carbocycles. The molecule has 3 heterocycles. The lowest BCUT2D eigenvalue weighted by Crippen LogP contribution is -2.21. The van der Waals surface area contributed by atoms with Gasteiger partial charge in [0.25, 0.3) is 5.56 Å². The molecule has 7 nitrogen and oxygen atoms in total. The van der Waals surface area contributed by atoms with Crippen LogP contribution in [0.3, 0.4) is 0 Å². The average Bonchev–Trinajstić information content (AvgIpc) is 2.74. The van der Waals surface area contributed by atoms with Crippen molar-refractivity contribution in [2.75, 3.05) is 0 Å². The summed E-state index contributed by atoms with van der Waals surface area (Å²) in [6, 6.07) is 3.55. The van der Waals surface area contributed by atoms with Crippen LogP contribution in [0.15, 0.2) is 32.4 Å². The number of fused-ring (bicyclic) bond motifs is 1. The fraction of sp³-hybridized carbons (Fsp3) is 0. The summed E-state index contributed by atoms with van der Waals surface area (Å²) in [5.41, 5.74) is -0.0913. The molecule has 0 bridgehead atoms. The van der Waals surface area contributed by atoms with E-state index in [1.807, 2.05) is 6.07 Å². The van der Waals surface area contributed by atoms with Gasteiger partial charge in [-0.15, -0.1) is 0 Å². The topological polar surface area (TPSA) is 107 Å². The number of nitrogens with zero attached hydrogens (tertiary/aromatic N) is 2. The Bertz CT molecular complexity index is 830. The Morgan fingerprint density at radius 1 is 1.11 bits per heavy atom. The zero-order valence-electron chi connectivity index (χ0n) is 8.82. The van der Waals surface area contributed by atoms with E-state index in [4.69, 9.17) is 0 Å². The van der Waals surface area contributed by atoms with Crippen LogP contribution in [-0.2, 0) is 0 Å². The second-order valence-corrected chi connectivity index (χ2v) is 4.49. The van der Waals surface area contributed by atoms with Crippen LogP contribution in [0.4, 0.5) is 0 Å². The molecule has 0 radical (unpaired) electrons. The van der Waals surface area contributed by atoms with Crippen LogP contribution in [0.2, 0.25) is 0 Å². The molecule has 3 aromatic heterocycles. The molecule has 0 spiro atoms. The molecule has 0 atom stereocenters. The molecule has 0 amide bonds. The maximum absolute atomic E-state index is 11.5. The van der Waals surface area contributed by atoms with Crippen LogP contribution in [0.25, 0.3) is 22.7 Å². The summed E-state index contributed by atoms with van der Waals surface area (Å²) in [4.78, 5) is 38.3. The molecule has 0 aliphatic heterocycles. The van der Waals surface area contributed by atoms with Gasteiger partial charge in [-0.1, -0.05) is 0 Å². The van der Waals surface area contributed by atoms with E-state index in [9.17, 15) is 9.59 Å². The van der Waals surface area contributed by atoms with E-state index in [0.29, 0.717) is 11.5 Å². The van der Waals surface area contributed by atoms with Crippen molar-refractivity contribution in [2.24, 2.45) is 0 Å². The minimum Gasteiger partial charge on any atom is -0.331 e. The highest BCUT2D eigenvalue weighted by atomic mass is 79.9. The molecule has 18 heavy (non-hydrogen) atoms. The van der Waals surface area contributed by atoms with Gasteiger partial charge in [0.2, 0.25) is 0 Å². The molecule has 0 unspecified atom stereocenters. The molecule has 8 heteroatoms. The second kappa shape index (κ2) is 3.91. The van der Waals surface area contributed by atoms with Crippen molar-refractivity contribution in [3.63, 3.8) is 0 Å². The number of aromatic amines is 3. The first kappa shape index (κ1) is 10.9. The first-order chi connectivity index (χ1) is 8.63. The fourth-order valence-corrected chi connectivity index (χ4v) is 1.80. The molecular weight excluding hydrogens is 302 g/mol. The lowest BCUT2D eigenvalue weighted by Gasteiger charge is -1.94. The third kappa shape index (κ3) is 1.76. The summed E-state index contributed by atoms with van der Waals surface area (Å²) in [6.45, 7) is 0. The Morgan fingerprint density at radius 2 is 1.94 bits per heavy atom. The summed E-state index contributed by atoms with van der Waals surface area (Å²) < 4.78 is 0.841. The predicted octanol–water partition coefficient (Wildman–Crippen LogP) is 0.764. The number of hydrogen-bond donors (Lipinski definition) is 3. The van der Waals surface area contributed by atoms with Crippen molar-refractivity contribution in [3.8, 4) is 11.5 Å². The van der Waals surface area contributed by atoms with E-state index < -0.39 is 11.2 Å².